The van der Waals surface area contributed by atoms with Gasteiger partial charge in [-0.3, -0.25) is 4.79 Å². The van der Waals surface area contributed by atoms with Gasteiger partial charge in [0.25, 0.3) is 0 Å². The normalized spacial score (nSPS) is 15.9. The van der Waals surface area contributed by atoms with E-state index in [2.05, 4.69) is 45.4 Å². The topological polar surface area (TPSA) is 49.3 Å². The Labute approximate surface area is 163 Å². The first-order valence-corrected chi connectivity index (χ1v) is 10.4. The van der Waals surface area contributed by atoms with E-state index in [1.165, 1.54) is 0 Å². The number of hydrogen-bond acceptors (Lipinski definition) is 5. The van der Waals surface area contributed by atoms with Crippen LogP contribution >= 0.6 is 11.3 Å². The van der Waals surface area contributed by atoms with Crippen LogP contribution in [-0.4, -0.2) is 47.0 Å². The predicted molar refractivity (Wildman–Crippen MR) is 110 cm³/mol. The number of fused-ring (bicyclic) bond motifs is 1. The van der Waals surface area contributed by atoms with Gasteiger partial charge < -0.3 is 9.80 Å². The molecule has 0 N–H and O–H groups in total. The van der Waals surface area contributed by atoms with Crippen LogP contribution in [0.4, 0.5) is 5.82 Å². The minimum atomic E-state index is -0.0367. The zero-order valence-corrected chi connectivity index (χ0v) is 16.4. The van der Waals surface area contributed by atoms with Gasteiger partial charge in [-0.15, -0.1) is 11.3 Å². The minimum Gasteiger partial charge on any atom is -0.352 e. The summed E-state index contributed by atoms with van der Waals surface area (Å²) in [6, 6.07) is 12.3. The third kappa shape index (κ3) is 3.67. The van der Waals surface area contributed by atoms with E-state index in [-0.39, 0.29) is 11.8 Å². The van der Waals surface area contributed by atoms with Crippen LogP contribution in [-0.2, 0) is 4.79 Å². The summed E-state index contributed by atoms with van der Waals surface area (Å²) < 4.78 is 0. The van der Waals surface area contributed by atoms with Crippen molar-refractivity contribution in [3.8, 4) is 0 Å². The smallest absolute Gasteiger partial charge is 0.230 e. The Kier molecular flexibility index (Phi) is 5.34. The number of amides is 1. The average Bonchev–Trinajstić information content (AvgIpc) is 3.21. The Bertz CT molecular complexity index is 903. The van der Waals surface area contributed by atoms with E-state index >= 15 is 0 Å². The Morgan fingerprint density at radius 1 is 1.11 bits per heavy atom. The molecule has 1 saturated heterocycles. The molecular weight excluding hydrogens is 356 g/mol. The number of piperazine rings is 1. The van der Waals surface area contributed by atoms with Crippen molar-refractivity contribution in [2.45, 2.75) is 25.7 Å². The number of anilines is 1. The highest BCUT2D eigenvalue weighted by atomic mass is 32.1. The number of aromatic nitrogens is 2. The van der Waals surface area contributed by atoms with E-state index in [1.54, 1.807) is 17.7 Å². The number of hydrogen-bond donors (Lipinski definition) is 0. The molecule has 0 aliphatic carbocycles. The summed E-state index contributed by atoms with van der Waals surface area (Å²) >= 11 is 1.64. The largest absolute Gasteiger partial charge is 0.352 e. The van der Waals surface area contributed by atoms with Crippen LogP contribution < -0.4 is 4.90 Å². The first-order chi connectivity index (χ1) is 13.3. The lowest BCUT2D eigenvalue weighted by Crippen LogP contribution is -2.50. The first kappa shape index (κ1) is 17.9. The van der Waals surface area contributed by atoms with Gasteiger partial charge in [0.05, 0.1) is 11.3 Å². The molecular formula is C21H24N4OS. The van der Waals surface area contributed by atoms with Crippen molar-refractivity contribution in [2.24, 2.45) is 0 Å². The Morgan fingerprint density at radius 2 is 1.89 bits per heavy atom. The number of benzene rings is 1. The summed E-state index contributed by atoms with van der Waals surface area (Å²) in [5, 5.41) is 3.16. The van der Waals surface area contributed by atoms with E-state index in [9.17, 15) is 4.79 Å². The maximum absolute atomic E-state index is 13.2. The minimum absolute atomic E-state index is 0.0367. The first-order valence-electron chi connectivity index (χ1n) is 9.55. The summed E-state index contributed by atoms with van der Waals surface area (Å²) in [5.41, 5.74) is 1.13. The zero-order valence-electron chi connectivity index (χ0n) is 15.5. The van der Waals surface area contributed by atoms with Crippen molar-refractivity contribution in [3.05, 3.63) is 53.7 Å². The second-order valence-corrected chi connectivity index (χ2v) is 7.80. The highest BCUT2D eigenvalue weighted by Crippen LogP contribution is 2.28. The van der Waals surface area contributed by atoms with E-state index in [4.69, 9.17) is 0 Å². The summed E-state index contributed by atoms with van der Waals surface area (Å²) in [6.45, 7) is 5.23. The van der Waals surface area contributed by atoms with Crippen LogP contribution in [0, 0.1) is 0 Å². The van der Waals surface area contributed by atoms with Crippen LogP contribution in [0.3, 0.4) is 0 Å². The second kappa shape index (κ2) is 8.05. The third-order valence-electron chi connectivity index (χ3n) is 5.21. The van der Waals surface area contributed by atoms with Crippen molar-refractivity contribution in [3.63, 3.8) is 0 Å². The second-order valence-electron chi connectivity index (χ2n) is 6.90. The van der Waals surface area contributed by atoms with Crippen LogP contribution in [0.2, 0.25) is 0 Å². The molecule has 1 fully saturated rings. The number of rotatable bonds is 5. The summed E-state index contributed by atoms with van der Waals surface area (Å²) in [5.74, 6) is 1.21. The molecule has 2 aromatic heterocycles. The monoisotopic (exact) mass is 380 g/mol. The fourth-order valence-electron chi connectivity index (χ4n) is 3.79. The highest BCUT2D eigenvalue weighted by molar-refractivity contribution is 7.16. The molecule has 1 aliphatic heterocycles. The molecule has 0 saturated carbocycles. The molecule has 3 aromatic rings. The van der Waals surface area contributed by atoms with E-state index < -0.39 is 0 Å². The Balaban J connectivity index is 1.46. The van der Waals surface area contributed by atoms with Crippen LogP contribution in [0.1, 0.15) is 31.2 Å². The summed E-state index contributed by atoms with van der Waals surface area (Å²) in [7, 11) is 0. The maximum atomic E-state index is 13.2. The Morgan fingerprint density at radius 3 is 2.63 bits per heavy atom. The average molecular weight is 381 g/mol. The van der Waals surface area contributed by atoms with Crippen LogP contribution in [0.5, 0.6) is 0 Å². The summed E-state index contributed by atoms with van der Waals surface area (Å²) in [4.78, 5) is 27.3. The maximum Gasteiger partial charge on any atom is 0.230 e. The lowest BCUT2D eigenvalue weighted by atomic mass is 9.93. The Hall–Kier alpha value is -2.47. The lowest BCUT2D eigenvalue weighted by Gasteiger charge is -2.37. The van der Waals surface area contributed by atoms with Gasteiger partial charge in [-0.25, -0.2) is 9.97 Å². The van der Waals surface area contributed by atoms with Crippen molar-refractivity contribution >= 4 is 33.3 Å². The van der Waals surface area contributed by atoms with Gasteiger partial charge in [-0.2, -0.15) is 0 Å². The molecule has 1 aromatic carbocycles. The molecule has 1 atom stereocenters. The number of thiophene rings is 1. The molecule has 1 aliphatic rings. The molecule has 27 heavy (non-hydrogen) atoms. The van der Waals surface area contributed by atoms with Gasteiger partial charge in [-0.05, 0) is 23.4 Å². The van der Waals surface area contributed by atoms with Crippen molar-refractivity contribution in [2.75, 3.05) is 31.1 Å². The SMILES string of the molecule is CCCC(C(=O)N1CCN(c2ncnc3sccc23)CC1)c1ccccc1. The van der Waals surface area contributed by atoms with Crippen molar-refractivity contribution < 1.29 is 4.79 Å². The van der Waals surface area contributed by atoms with E-state index in [0.29, 0.717) is 0 Å². The van der Waals surface area contributed by atoms with Crippen LogP contribution in [0.15, 0.2) is 48.1 Å². The number of carbonyl (C=O) groups excluding carboxylic acids is 1. The van der Waals surface area contributed by atoms with Gasteiger partial charge >= 0.3 is 0 Å². The van der Waals surface area contributed by atoms with Gasteiger partial charge in [0.1, 0.15) is 17.0 Å². The summed E-state index contributed by atoms with van der Waals surface area (Å²) in [6.07, 6.45) is 3.53. The van der Waals surface area contributed by atoms with E-state index in [0.717, 1.165) is 60.6 Å². The fraction of sp³-hybridized carbons (Fsp3) is 0.381. The zero-order chi connectivity index (χ0) is 18.6. The molecule has 1 unspecified atom stereocenters. The molecule has 0 radical (unpaired) electrons. The number of carbonyl (C=O) groups is 1. The van der Waals surface area contributed by atoms with Gasteiger partial charge in [-0.1, -0.05) is 43.7 Å². The molecule has 0 spiro atoms. The third-order valence-corrected chi connectivity index (χ3v) is 6.03. The van der Waals surface area contributed by atoms with Gasteiger partial charge in [0, 0.05) is 26.2 Å². The molecule has 0 bridgehead atoms. The van der Waals surface area contributed by atoms with Gasteiger partial charge in [0.15, 0.2) is 0 Å². The van der Waals surface area contributed by atoms with Crippen molar-refractivity contribution in [1.29, 1.82) is 0 Å². The molecule has 140 valence electrons. The lowest BCUT2D eigenvalue weighted by molar-refractivity contribution is -0.133. The van der Waals surface area contributed by atoms with E-state index in [1.807, 2.05) is 23.1 Å². The molecule has 1 amide bonds. The van der Waals surface area contributed by atoms with Gasteiger partial charge in [0.2, 0.25) is 5.91 Å². The molecule has 5 nitrogen and oxygen atoms in total. The molecule has 6 heteroatoms. The van der Waals surface area contributed by atoms with Crippen LogP contribution in [0.25, 0.3) is 10.2 Å². The molecule has 4 rings (SSSR count). The highest BCUT2D eigenvalue weighted by Gasteiger charge is 2.28. The standard InChI is InChI=1S/C21H24N4OS/c1-2-6-17(16-7-4-3-5-8-16)21(26)25-12-10-24(11-13-25)19-18-9-14-27-20(18)23-15-22-19/h3-5,7-9,14-15,17H,2,6,10-13H2,1H3. The predicted octanol–water partition coefficient (Wildman–Crippen LogP) is 3.92. The van der Waals surface area contributed by atoms with Crippen molar-refractivity contribution in [1.82, 2.24) is 14.9 Å². The molecule has 3 heterocycles. The number of nitrogens with zero attached hydrogens (tertiary/aromatic N) is 4. The quantitative estimate of drug-likeness (QED) is 0.673. The fourth-order valence-corrected chi connectivity index (χ4v) is 4.52.